The maximum absolute atomic E-state index is 13.2. The SMILES string of the molecule is CCn1cc2c(n1)C(O)CC1(CCN(C(=O)c3cnc4n3CCCCC4)CC1)O2. The van der Waals surface area contributed by atoms with E-state index in [1.165, 1.54) is 6.42 Å². The van der Waals surface area contributed by atoms with Crippen molar-refractivity contribution in [3.05, 3.63) is 29.6 Å². The third kappa shape index (κ3) is 3.23. The van der Waals surface area contributed by atoms with E-state index in [1.54, 1.807) is 10.9 Å². The first-order valence-corrected chi connectivity index (χ1v) is 10.9. The highest BCUT2D eigenvalue weighted by Crippen LogP contribution is 2.43. The van der Waals surface area contributed by atoms with Crippen LogP contribution < -0.4 is 4.74 Å². The van der Waals surface area contributed by atoms with Gasteiger partial charge in [0.15, 0.2) is 5.75 Å². The van der Waals surface area contributed by atoms with Crippen LogP contribution in [0.15, 0.2) is 12.4 Å². The number of likely N-dealkylation sites (tertiary alicyclic amines) is 1. The van der Waals surface area contributed by atoms with Crippen molar-refractivity contribution in [1.82, 2.24) is 24.2 Å². The third-order valence-corrected chi connectivity index (χ3v) is 6.69. The number of amides is 1. The summed E-state index contributed by atoms with van der Waals surface area (Å²) in [5.41, 5.74) is 0.936. The molecule has 1 unspecified atom stereocenters. The molecule has 0 saturated carbocycles. The summed E-state index contributed by atoms with van der Waals surface area (Å²) in [6, 6.07) is 0. The van der Waals surface area contributed by atoms with Crippen LogP contribution in [-0.4, -0.2) is 53.9 Å². The van der Waals surface area contributed by atoms with Crippen molar-refractivity contribution in [2.75, 3.05) is 13.1 Å². The fourth-order valence-corrected chi connectivity index (χ4v) is 4.96. The smallest absolute Gasteiger partial charge is 0.272 e. The number of hydrogen-bond donors (Lipinski definition) is 1. The molecule has 1 saturated heterocycles. The molecule has 156 valence electrons. The lowest BCUT2D eigenvalue weighted by molar-refractivity contribution is -0.0505. The normalized spacial score (nSPS) is 23.2. The van der Waals surface area contributed by atoms with E-state index in [2.05, 4.69) is 14.6 Å². The van der Waals surface area contributed by atoms with Gasteiger partial charge in [-0.1, -0.05) is 6.42 Å². The number of aromatic nitrogens is 4. The van der Waals surface area contributed by atoms with E-state index in [9.17, 15) is 9.90 Å². The Labute approximate surface area is 170 Å². The largest absolute Gasteiger partial charge is 0.483 e. The van der Waals surface area contributed by atoms with Crippen molar-refractivity contribution >= 4 is 5.91 Å². The second kappa shape index (κ2) is 7.16. The molecule has 0 aliphatic carbocycles. The number of carbonyl (C=O) groups excluding carboxylic acids is 1. The van der Waals surface area contributed by atoms with E-state index < -0.39 is 11.7 Å². The van der Waals surface area contributed by atoms with Gasteiger partial charge in [0.25, 0.3) is 5.91 Å². The lowest BCUT2D eigenvalue weighted by Crippen LogP contribution is -2.52. The number of fused-ring (bicyclic) bond motifs is 2. The first-order valence-electron chi connectivity index (χ1n) is 10.9. The van der Waals surface area contributed by atoms with E-state index in [4.69, 9.17) is 4.74 Å². The van der Waals surface area contributed by atoms with Gasteiger partial charge in [-0.05, 0) is 19.8 Å². The molecule has 0 bridgehead atoms. The molecular formula is C21H29N5O3. The summed E-state index contributed by atoms with van der Waals surface area (Å²) in [6.45, 7) is 4.90. The molecule has 5 rings (SSSR count). The number of rotatable bonds is 2. The predicted molar refractivity (Wildman–Crippen MR) is 106 cm³/mol. The quantitative estimate of drug-likeness (QED) is 0.838. The standard InChI is InChI=1S/C21H29N5O3/c1-2-25-14-17-19(23-25)16(27)12-21(29-17)7-10-24(11-8-21)20(28)15-13-22-18-6-4-3-5-9-26(15)18/h13-14,16,27H,2-12H2,1H3. The number of aliphatic hydroxyl groups excluding tert-OH is 1. The molecule has 1 amide bonds. The maximum atomic E-state index is 13.2. The summed E-state index contributed by atoms with van der Waals surface area (Å²) < 4.78 is 10.3. The van der Waals surface area contributed by atoms with Crippen LogP contribution in [0.25, 0.3) is 0 Å². The van der Waals surface area contributed by atoms with Crippen molar-refractivity contribution in [1.29, 1.82) is 0 Å². The Morgan fingerprint density at radius 1 is 1.28 bits per heavy atom. The van der Waals surface area contributed by atoms with Crippen molar-refractivity contribution in [3.63, 3.8) is 0 Å². The van der Waals surface area contributed by atoms with Crippen LogP contribution in [0.4, 0.5) is 0 Å². The zero-order chi connectivity index (χ0) is 20.0. The van der Waals surface area contributed by atoms with Gasteiger partial charge in [-0.15, -0.1) is 0 Å². The van der Waals surface area contributed by atoms with Gasteiger partial charge in [0, 0.05) is 51.9 Å². The lowest BCUT2D eigenvalue weighted by atomic mass is 9.83. The van der Waals surface area contributed by atoms with Crippen molar-refractivity contribution < 1.29 is 14.6 Å². The van der Waals surface area contributed by atoms with Crippen LogP contribution in [0.2, 0.25) is 0 Å². The molecule has 8 nitrogen and oxygen atoms in total. The van der Waals surface area contributed by atoms with Gasteiger partial charge in [-0.3, -0.25) is 9.48 Å². The van der Waals surface area contributed by atoms with E-state index in [-0.39, 0.29) is 5.91 Å². The van der Waals surface area contributed by atoms with Crippen molar-refractivity contribution in [3.8, 4) is 5.75 Å². The summed E-state index contributed by atoms with van der Waals surface area (Å²) in [4.78, 5) is 19.6. The van der Waals surface area contributed by atoms with Crippen molar-refractivity contribution in [2.24, 2.45) is 0 Å². The van der Waals surface area contributed by atoms with Crippen LogP contribution in [-0.2, 0) is 19.5 Å². The summed E-state index contributed by atoms with van der Waals surface area (Å²) in [5, 5.41) is 15.0. The molecule has 1 spiro atoms. The predicted octanol–water partition coefficient (Wildman–Crippen LogP) is 2.32. The molecule has 0 aromatic carbocycles. The van der Waals surface area contributed by atoms with Gasteiger partial charge >= 0.3 is 0 Å². The molecule has 29 heavy (non-hydrogen) atoms. The number of aliphatic hydroxyl groups is 1. The average molecular weight is 399 g/mol. The zero-order valence-electron chi connectivity index (χ0n) is 17.0. The van der Waals surface area contributed by atoms with E-state index in [1.807, 2.05) is 18.0 Å². The topological polar surface area (TPSA) is 85.4 Å². The number of imidazole rings is 1. The van der Waals surface area contributed by atoms with Crippen LogP contribution in [0.1, 0.15) is 73.6 Å². The number of carbonyl (C=O) groups is 1. The number of piperidine rings is 1. The van der Waals surface area contributed by atoms with Gasteiger partial charge in [0.05, 0.1) is 12.4 Å². The number of nitrogens with zero attached hydrogens (tertiary/aromatic N) is 5. The molecule has 3 aliphatic rings. The Kier molecular flexibility index (Phi) is 4.61. The minimum atomic E-state index is -0.612. The molecule has 1 fully saturated rings. The molecule has 2 aromatic rings. The second-order valence-electron chi connectivity index (χ2n) is 8.55. The second-order valence-corrected chi connectivity index (χ2v) is 8.55. The van der Waals surface area contributed by atoms with Gasteiger partial charge in [0.2, 0.25) is 0 Å². The van der Waals surface area contributed by atoms with Crippen molar-refractivity contribution in [2.45, 2.75) is 76.7 Å². The lowest BCUT2D eigenvalue weighted by Gasteiger charge is -2.44. The van der Waals surface area contributed by atoms with E-state index >= 15 is 0 Å². The molecule has 3 aliphatic heterocycles. The van der Waals surface area contributed by atoms with Gasteiger partial charge in [-0.2, -0.15) is 5.10 Å². The molecular weight excluding hydrogens is 370 g/mol. The molecule has 1 N–H and O–H groups in total. The Morgan fingerprint density at radius 3 is 2.90 bits per heavy atom. The highest BCUT2D eigenvalue weighted by Gasteiger charge is 2.45. The zero-order valence-corrected chi connectivity index (χ0v) is 17.0. The van der Waals surface area contributed by atoms with Crippen LogP contribution in [0.5, 0.6) is 5.75 Å². The Bertz CT molecular complexity index is 910. The molecule has 5 heterocycles. The van der Waals surface area contributed by atoms with E-state index in [0.717, 1.165) is 38.2 Å². The first-order chi connectivity index (χ1) is 14.1. The fourth-order valence-electron chi connectivity index (χ4n) is 4.96. The fraction of sp³-hybridized carbons (Fsp3) is 0.667. The third-order valence-electron chi connectivity index (χ3n) is 6.69. The summed E-state index contributed by atoms with van der Waals surface area (Å²) in [7, 11) is 0. The Balaban J connectivity index is 1.29. The highest BCUT2D eigenvalue weighted by molar-refractivity contribution is 5.92. The Hall–Kier alpha value is -2.35. The van der Waals surface area contributed by atoms with Gasteiger partial charge in [-0.25, -0.2) is 4.98 Å². The van der Waals surface area contributed by atoms with Gasteiger partial charge in [0.1, 0.15) is 28.9 Å². The average Bonchev–Trinajstić information content (AvgIpc) is 3.25. The van der Waals surface area contributed by atoms with Crippen LogP contribution in [0.3, 0.4) is 0 Å². The minimum absolute atomic E-state index is 0.0661. The van der Waals surface area contributed by atoms with Gasteiger partial charge < -0.3 is 19.3 Å². The maximum Gasteiger partial charge on any atom is 0.272 e. The number of hydrogen-bond acceptors (Lipinski definition) is 5. The number of aryl methyl sites for hydroxylation is 2. The van der Waals surface area contributed by atoms with Crippen LogP contribution >= 0.6 is 0 Å². The molecule has 2 aromatic heterocycles. The molecule has 8 heteroatoms. The first kappa shape index (κ1) is 18.7. The summed E-state index contributed by atoms with van der Waals surface area (Å²) in [6.07, 6.45) is 9.37. The molecule has 1 atom stereocenters. The summed E-state index contributed by atoms with van der Waals surface area (Å²) in [5.74, 6) is 1.79. The highest BCUT2D eigenvalue weighted by atomic mass is 16.5. The molecule has 0 radical (unpaired) electrons. The summed E-state index contributed by atoms with van der Waals surface area (Å²) >= 11 is 0. The number of ether oxygens (including phenoxy) is 1. The Morgan fingerprint density at radius 2 is 2.10 bits per heavy atom. The minimum Gasteiger partial charge on any atom is -0.483 e. The van der Waals surface area contributed by atoms with E-state index in [0.29, 0.717) is 49.5 Å². The van der Waals surface area contributed by atoms with Crippen LogP contribution in [0, 0.1) is 0 Å². The monoisotopic (exact) mass is 399 g/mol.